The molecule has 1 atom stereocenters. The highest BCUT2D eigenvalue weighted by Gasteiger charge is 2.42. The van der Waals surface area contributed by atoms with Crippen LogP contribution in [0.5, 0.6) is 0 Å². The smallest absolute Gasteiger partial charge is 0.431 e. The number of halogens is 2. The van der Waals surface area contributed by atoms with E-state index < -0.39 is 23.7 Å². The lowest BCUT2D eigenvalue weighted by molar-refractivity contribution is -0.139. The molecule has 0 aromatic carbocycles. The first-order chi connectivity index (χ1) is 11.4. The zero-order chi connectivity index (χ0) is 19.0. The number of alkyl halides is 2. The van der Waals surface area contributed by atoms with Crippen molar-refractivity contribution in [3.8, 4) is 0 Å². The number of rotatable bonds is 2. The minimum Gasteiger partial charge on any atom is -0.442 e. The van der Waals surface area contributed by atoms with Crippen LogP contribution in [0.1, 0.15) is 59.8 Å². The maximum atomic E-state index is 13.3. The van der Waals surface area contributed by atoms with Crippen LogP contribution in [0.2, 0.25) is 0 Å². The van der Waals surface area contributed by atoms with Crippen molar-refractivity contribution in [3.63, 3.8) is 0 Å². The van der Waals surface area contributed by atoms with E-state index in [1.54, 1.807) is 34.7 Å². The van der Waals surface area contributed by atoms with Crippen LogP contribution in [0.4, 0.5) is 13.6 Å². The van der Waals surface area contributed by atoms with Gasteiger partial charge in [0.25, 0.3) is 0 Å². The second-order valence-corrected chi connectivity index (χ2v) is 7.92. The summed E-state index contributed by atoms with van der Waals surface area (Å²) in [6, 6.07) is -1.02. The summed E-state index contributed by atoms with van der Waals surface area (Å²) in [5, 5.41) is 5.21. The Labute approximate surface area is 147 Å². The Balaban J connectivity index is 2.05. The standard InChI is InChI=1S/C17H27F2N3O3/c1-11-10-13(22(20-11)15(24)25-16(2,3)4)14(23)21(5)12-6-8-17(18,19)9-7-12/h12-13H,6-10H2,1-5H3. The van der Waals surface area contributed by atoms with Crippen LogP contribution < -0.4 is 0 Å². The van der Waals surface area contributed by atoms with Crippen LogP contribution in [0.15, 0.2) is 5.10 Å². The molecule has 0 N–H and O–H groups in total. The molecule has 0 radical (unpaired) electrons. The summed E-state index contributed by atoms with van der Waals surface area (Å²) in [6.45, 7) is 6.96. The van der Waals surface area contributed by atoms with Gasteiger partial charge in [0.2, 0.25) is 11.8 Å². The number of hydrazone groups is 1. The third-order valence-electron chi connectivity index (χ3n) is 4.51. The van der Waals surface area contributed by atoms with E-state index in [1.165, 1.54) is 4.90 Å². The quantitative estimate of drug-likeness (QED) is 0.759. The van der Waals surface area contributed by atoms with Crippen molar-refractivity contribution in [3.05, 3.63) is 0 Å². The number of hydrogen-bond donors (Lipinski definition) is 0. The fraction of sp³-hybridized carbons (Fsp3) is 0.824. The van der Waals surface area contributed by atoms with Gasteiger partial charge in [0.05, 0.1) is 0 Å². The maximum Gasteiger partial charge on any atom is 0.431 e. The van der Waals surface area contributed by atoms with Gasteiger partial charge in [-0.2, -0.15) is 10.1 Å². The number of hydrogen-bond acceptors (Lipinski definition) is 4. The SMILES string of the molecule is CC1=NN(C(=O)OC(C)(C)C)C(C(=O)N(C)C2CCC(F)(F)CC2)C1. The molecule has 1 saturated carbocycles. The van der Waals surface area contributed by atoms with Crippen molar-refractivity contribution in [2.75, 3.05) is 7.05 Å². The highest BCUT2D eigenvalue weighted by molar-refractivity contribution is 5.96. The Hall–Kier alpha value is -1.73. The molecule has 1 aliphatic carbocycles. The lowest BCUT2D eigenvalue weighted by Gasteiger charge is -2.36. The number of ether oxygens (including phenoxy) is 1. The second kappa shape index (κ2) is 6.88. The molecule has 2 amide bonds. The van der Waals surface area contributed by atoms with Crippen molar-refractivity contribution < 1.29 is 23.1 Å². The Kier molecular flexibility index (Phi) is 5.39. The van der Waals surface area contributed by atoms with Crippen LogP contribution >= 0.6 is 0 Å². The number of carbonyl (C=O) groups is 2. The highest BCUT2D eigenvalue weighted by Crippen LogP contribution is 2.35. The molecule has 8 heteroatoms. The predicted molar refractivity (Wildman–Crippen MR) is 89.6 cm³/mol. The van der Waals surface area contributed by atoms with Crippen LogP contribution in [0.25, 0.3) is 0 Å². The van der Waals surface area contributed by atoms with E-state index in [0.29, 0.717) is 12.1 Å². The Morgan fingerprint density at radius 3 is 2.36 bits per heavy atom. The molecule has 6 nitrogen and oxygen atoms in total. The molecule has 0 bridgehead atoms. The number of nitrogens with zero attached hydrogens (tertiary/aromatic N) is 3. The molecule has 2 aliphatic rings. The van der Waals surface area contributed by atoms with Crippen molar-refractivity contribution in [1.82, 2.24) is 9.91 Å². The van der Waals surface area contributed by atoms with Crippen LogP contribution in [-0.2, 0) is 9.53 Å². The normalized spacial score (nSPS) is 24.0. The second-order valence-electron chi connectivity index (χ2n) is 7.92. The molecule has 142 valence electrons. The van der Waals surface area contributed by atoms with E-state index in [4.69, 9.17) is 4.74 Å². The molecule has 0 aromatic rings. The molecule has 0 spiro atoms. The molecule has 1 heterocycles. The molecule has 25 heavy (non-hydrogen) atoms. The van der Waals surface area contributed by atoms with Gasteiger partial charge in [-0.15, -0.1) is 0 Å². The lowest BCUT2D eigenvalue weighted by atomic mass is 9.91. The summed E-state index contributed by atoms with van der Waals surface area (Å²) >= 11 is 0. The van der Waals surface area contributed by atoms with Crippen molar-refractivity contribution in [2.24, 2.45) is 5.10 Å². The number of carbonyl (C=O) groups excluding carboxylic acids is 2. The van der Waals surface area contributed by atoms with E-state index in [9.17, 15) is 18.4 Å². The molecule has 2 rings (SSSR count). The molecule has 0 aromatic heterocycles. The van der Waals surface area contributed by atoms with Crippen molar-refractivity contribution >= 4 is 17.7 Å². The topological polar surface area (TPSA) is 62.2 Å². The first-order valence-electron chi connectivity index (χ1n) is 8.60. The monoisotopic (exact) mass is 359 g/mol. The Bertz CT molecular complexity index is 562. The number of likely N-dealkylation sites (N-methyl/N-ethyl adjacent to an activating group) is 1. The van der Waals surface area contributed by atoms with Gasteiger partial charge in [0.1, 0.15) is 11.6 Å². The van der Waals surface area contributed by atoms with Gasteiger partial charge in [-0.3, -0.25) is 4.79 Å². The predicted octanol–water partition coefficient (Wildman–Crippen LogP) is 3.41. The fourth-order valence-electron chi connectivity index (χ4n) is 3.16. The molecule has 1 unspecified atom stereocenters. The van der Waals surface area contributed by atoms with Crippen LogP contribution in [0, 0.1) is 0 Å². The highest BCUT2D eigenvalue weighted by atomic mass is 19.3. The van der Waals surface area contributed by atoms with Gasteiger partial charge < -0.3 is 9.64 Å². The zero-order valence-corrected chi connectivity index (χ0v) is 15.5. The van der Waals surface area contributed by atoms with Gasteiger partial charge in [-0.25, -0.2) is 13.6 Å². The third kappa shape index (κ3) is 4.89. The average Bonchev–Trinajstić information content (AvgIpc) is 2.86. The van der Waals surface area contributed by atoms with Gasteiger partial charge in [-0.05, 0) is 40.5 Å². The van der Waals surface area contributed by atoms with Gasteiger partial charge >= 0.3 is 6.09 Å². The Morgan fingerprint density at radius 1 is 1.28 bits per heavy atom. The first kappa shape index (κ1) is 19.6. The molecule has 0 saturated heterocycles. The third-order valence-corrected chi connectivity index (χ3v) is 4.51. The molecule has 1 aliphatic heterocycles. The van der Waals surface area contributed by atoms with Crippen LogP contribution in [0.3, 0.4) is 0 Å². The number of amides is 2. The first-order valence-corrected chi connectivity index (χ1v) is 8.60. The Morgan fingerprint density at radius 2 is 1.84 bits per heavy atom. The van der Waals surface area contributed by atoms with E-state index in [0.717, 1.165) is 5.01 Å². The lowest BCUT2D eigenvalue weighted by Crippen LogP contribution is -2.51. The fourth-order valence-corrected chi connectivity index (χ4v) is 3.16. The largest absolute Gasteiger partial charge is 0.442 e. The van der Waals surface area contributed by atoms with E-state index >= 15 is 0 Å². The van der Waals surface area contributed by atoms with Gasteiger partial charge in [0, 0.05) is 38.1 Å². The summed E-state index contributed by atoms with van der Waals surface area (Å²) in [5.41, 5.74) is -0.0369. The summed E-state index contributed by atoms with van der Waals surface area (Å²) in [4.78, 5) is 26.7. The van der Waals surface area contributed by atoms with E-state index in [-0.39, 0.29) is 37.6 Å². The summed E-state index contributed by atoms with van der Waals surface area (Å²) in [6.07, 6.45) is -0.268. The van der Waals surface area contributed by atoms with Gasteiger partial charge in [-0.1, -0.05) is 0 Å². The molecular formula is C17H27F2N3O3. The van der Waals surface area contributed by atoms with E-state index in [1.807, 2.05) is 0 Å². The molecule has 1 fully saturated rings. The van der Waals surface area contributed by atoms with Crippen LogP contribution in [-0.4, -0.2) is 58.3 Å². The van der Waals surface area contributed by atoms with Crippen molar-refractivity contribution in [1.29, 1.82) is 0 Å². The van der Waals surface area contributed by atoms with Gasteiger partial charge in [0.15, 0.2) is 0 Å². The minimum absolute atomic E-state index is 0.217. The summed E-state index contributed by atoms with van der Waals surface area (Å²) in [5.74, 6) is -2.93. The molecular weight excluding hydrogens is 332 g/mol. The minimum atomic E-state index is -2.64. The zero-order valence-electron chi connectivity index (χ0n) is 15.5. The average molecular weight is 359 g/mol. The summed E-state index contributed by atoms with van der Waals surface area (Å²) < 4.78 is 32.0. The summed E-state index contributed by atoms with van der Waals surface area (Å²) in [7, 11) is 1.61. The maximum absolute atomic E-state index is 13.3. The van der Waals surface area contributed by atoms with Crippen molar-refractivity contribution in [2.45, 2.75) is 83.4 Å². The van der Waals surface area contributed by atoms with E-state index in [2.05, 4.69) is 5.10 Å².